The summed E-state index contributed by atoms with van der Waals surface area (Å²) in [5, 5.41) is 2.80. The van der Waals surface area contributed by atoms with Gasteiger partial charge >= 0.3 is 0 Å². The molecule has 1 aromatic carbocycles. The molecule has 1 aliphatic heterocycles. The van der Waals surface area contributed by atoms with Crippen molar-refractivity contribution < 1.29 is 4.11 Å². The lowest BCUT2D eigenvalue weighted by Gasteiger charge is -2.24. The number of hydrogen-bond acceptors (Lipinski definition) is 1. The largest absolute Gasteiger partial charge is 0.310 e. The van der Waals surface area contributed by atoms with Crippen LogP contribution in [0, 0.1) is 0 Å². The zero-order valence-corrected chi connectivity index (χ0v) is 8.89. The molecule has 1 atom stereocenters. The molecule has 2 rings (SSSR count). The van der Waals surface area contributed by atoms with Gasteiger partial charge in [-0.2, -0.15) is 0 Å². The fourth-order valence-electron chi connectivity index (χ4n) is 1.49. The van der Waals surface area contributed by atoms with Crippen LogP contribution in [0.15, 0.2) is 28.7 Å². The fraction of sp³-hybridized carbons (Fsp3) is 0.455. The van der Waals surface area contributed by atoms with Gasteiger partial charge in [0.15, 0.2) is 0 Å². The third-order valence-corrected chi connectivity index (χ3v) is 2.86. The maximum atomic E-state index is 8.38. The summed E-state index contributed by atoms with van der Waals surface area (Å²) >= 11 is 3.42. The normalized spacial score (nSPS) is 35.9. The van der Waals surface area contributed by atoms with E-state index in [0.29, 0.717) is 12.8 Å². The Morgan fingerprint density at radius 2 is 2.31 bits per heavy atom. The third kappa shape index (κ3) is 2.12. The first-order chi connectivity index (χ1) is 7.43. The summed E-state index contributed by atoms with van der Waals surface area (Å²) in [5.74, 6) is 0. The lowest BCUT2D eigenvalue weighted by molar-refractivity contribution is 0.411. The van der Waals surface area contributed by atoms with Gasteiger partial charge in [-0.05, 0) is 31.0 Å². The number of halogens is 1. The van der Waals surface area contributed by atoms with E-state index >= 15 is 0 Å². The molecule has 70 valence electrons. The van der Waals surface area contributed by atoms with Crippen molar-refractivity contribution in [2.24, 2.45) is 0 Å². The predicted molar refractivity (Wildman–Crippen MR) is 58.7 cm³/mol. The maximum Gasteiger partial charge on any atom is 0.0516 e. The van der Waals surface area contributed by atoms with Crippen LogP contribution in [-0.2, 0) is 0 Å². The second-order valence-electron chi connectivity index (χ2n) is 3.11. The van der Waals surface area contributed by atoms with Crippen LogP contribution in [0.25, 0.3) is 0 Å². The second-order valence-corrected chi connectivity index (χ2v) is 3.97. The summed E-state index contributed by atoms with van der Waals surface area (Å²) in [5.41, 5.74) is 0.804. The lowest BCUT2D eigenvalue weighted by Crippen LogP contribution is -2.26. The summed E-state index contributed by atoms with van der Waals surface area (Å²) in [7, 11) is 0. The topological polar surface area (TPSA) is 12.0 Å². The summed E-state index contributed by atoms with van der Waals surface area (Å²) in [4.78, 5) is 0. The van der Waals surface area contributed by atoms with Crippen molar-refractivity contribution in [3.05, 3.63) is 34.3 Å². The molecule has 1 heterocycles. The molecule has 1 nitrogen and oxygen atoms in total. The quantitative estimate of drug-likeness (QED) is 0.798. The van der Waals surface area contributed by atoms with E-state index in [4.69, 9.17) is 4.11 Å². The van der Waals surface area contributed by atoms with Gasteiger partial charge in [0.25, 0.3) is 0 Å². The standard InChI is InChI=1S/C11H14BrN/c12-10-6-2-1-5-9(10)11-7-3-4-8-13-11/h1-2,5-6,11,13H,3-4,7-8H2/i8D2,11D. The van der Waals surface area contributed by atoms with E-state index in [9.17, 15) is 0 Å². The van der Waals surface area contributed by atoms with Gasteiger partial charge in [-0.3, -0.25) is 0 Å². The molecule has 1 fully saturated rings. The highest BCUT2D eigenvalue weighted by molar-refractivity contribution is 9.10. The third-order valence-electron chi connectivity index (χ3n) is 2.17. The molecule has 1 unspecified atom stereocenters. The average molecular weight is 243 g/mol. The summed E-state index contributed by atoms with van der Waals surface area (Å²) < 4.78 is 24.7. The highest BCUT2D eigenvalue weighted by Gasteiger charge is 2.15. The highest BCUT2D eigenvalue weighted by atomic mass is 79.9. The van der Waals surface area contributed by atoms with Gasteiger partial charge in [0.1, 0.15) is 0 Å². The van der Waals surface area contributed by atoms with Crippen molar-refractivity contribution in [1.82, 2.24) is 5.32 Å². The molecular weight excluding hydrogens is 226 g/mol. The van der Waals surface area contributed by atoms with Crippen LogP contribution in [0.4, 0.5) is 0 Å². The molecule has 0 radical (unpaired) electrons. The molecule has 13 heavy (non-hydrogen) atoms. The van der Waals surface area contributed by atoms with E-state index in [1.54, 1.807) is 0 Å². The van der Waals surface area contributed by atoms with Crippen LogP contribution >= 0.6 is 15.9 Å². The first-order valence-electron chi connectivity index (χ1n) is 5.97. The number of piperidine rings is 1. The van der Waals surface area contributed by atoms with Crippen molar-refractivity contribution in [3.8, 4) is 0 Å². The molecule has 0 amide bonds. The Bertz CT molecular complexity index is 397. The molecule has 0 aromatic heterocycles. The zero-order valence-electron chi connectivity index (χ0n) is 10.3. The minimum Gasteiger partial charge on any atom is -0.310 e. The van der Waals surface area contributed by atoms with Crippen LogP contribution in [-0.4, -0.2) is 6.50 Å². The van der Waals surface area contributed by atoms with Crippen molar-refractivity contribution in [2.75, 3.05) is 6.50 Å². The van der Waals surface area contributed by atoms with Gasteiger partial charge in [0, 0.05) is 13.2 Å². The van der Waals surface area contributed by atoms with E-state index in [1.165, 1.54) is 0 Å². The Kier molecular flexibility index (Phi) is 2.03. The Balaban J connectivity index is 2.35. The minimum absolute atomic E-state index is 0.470. The van der Waals surface area contributed by atoms with Gasteiger partial charge in [0.2, 0.25) is 0 Å². The minimum atomic E-state index is -1.45. The van der Waals surface area contributed by atoms with Crippen molar-refractivity contribution >= 4 is 15.9 Å². The molecule has 0 bridgehead atoms. The Hall–Kier alpha value is -0.340. The molecule has 2 heteroatoms. The molecule has 1 aromatic rings. The van der Waals surface area contributed by atoms with Crippen molar-refractivity contribution in [3.63, 3.8) is 0 Å². The number of nitrogens with one attached hydrogen (secondary N) is 1. The van der Waals surface area contributed by atoms with Crippen LogP contribution in [0.3, 0.4) is 0 Å². The molecular formula is C11H14BrN. The van der Waals surface area contributed by atoms with Crippen LogP contribution < -0.4 is 5.32 Å². The predicted octanol–water partition coefficient (Wildman–Crippen LogP) is 3.26. The lowest BCUT2D eigenvalue weighted by atomic mass is 9.98. The van der Waals surface area contributed by atoms with Gasteiger partial charge in [-0.25, -0.2) is 0 Å². The van der Waals surface area contributed by atoms with Crippen LogP contribution in [0.2, 0.25) is 0 Å². The van der Waals surface area contributed by atoms with E-state index in [-0.39, 0.29) is 0 Å². The molecule has 1 saturated heterocycles. The number of hydrogen-bond donors (Lipinski definition) is 1. The van der Waals surface area contributed by atoms with E-state index < -0.39 is 12.5 Å². The average Bonchev–Trinajstić information content (AvgIpc) is 2.16. The van der Waals surface area contributed by atoms with Crippen molar-refractivity contribution in [1.29, 1.82) is 0 Å². The summed E-state index contributed by atoms with van der Waals surface area (Å²) in [6.07, 6.45) is 1.83. The maximum absolute atomic E-state index is 8.38. The first kappa shape index (κ1) is 6.20. The van der Waals surface area contributed by atoms with Gasteiger partial charge < -0.3 is 5.32 Å². The molecule has 0 aliphatic carbocycles. The fourth-order valence-corrected chi connectivity index (χ4v) is 2.02. The summed E-state index contributed by atoms with van der Waals surface area (Å²) in [6, 6.07) is 6.50. The SMILES string of the molecule is [2H]C1([2H])CCCC([2H])(c2ccccc2Br)N1. The molecule has 1 aliphatic rings. The Morgan fingerprint density at radius 1 is 1.46 bits per heavy atom. The van der Waals surface area contributed by atoms with E-state index in [0.717, 1.165) is 16.5 Å². The van der Waals surface area contributed by atoms with Gasteiger partial charge in [-0.1, -0.05) is 40.5 Å². The van der Waals surface area contributed by atoms with Crippen LogP contribution in [0.5, 0.6) is 0 Å². The van der Waals surface area contributed by atoms with E-state index in [2.05, 4.69) is 21.2 Å². The first-order valence-corrected chi connectivity index (χ1v) is 5.27. The molecule has 1 N–H and O–H groups in total. The molecule has 0 spiro atoms. The van der Waals surface area contributed by atoms with Crippen molar-refractivity contribution in [2.45, 2.75) is 25.3 Å². The van der Waals surface area contributed by atoms with Gasteiger partial charge in [-0.15, -0.1) is 0 Å². The summed E-state index contributed by atoms with van der Waals surface area (Å²) in [6.45, 7) is -1.45. The second kappa shape index (κ2) is 4.25. The van der Waals surface area contributed by atoms with Crippen LogP contribution in [0.1, 0.15) is 35.0 Å². The van der Waals surface area contributed by atoms with Gasteiger partial charge in [0.05, 0.1) is 1.37 Å². The monoisotopic (exact) mass is 242 g/mol. The van der Waals surface area contributed by atoms with E-state index in [1.807, 2.05) is 24.3 Å². The molecule has 0 saturated carbocycles. The zero-order chi connectivity index (χ0) is 11.8. The Labute approximate surface area is 91.9 Å². The highest BCUT2D eigenvalue weighted by Crippen LogP contribution is 2.28. The number of rotatable bonds is 1. The Morgan fingerprint density at radius 3 is 3.08 bits per heavy atom. The number of benzene rings is 1. The smallest absolute Gasteiger partial charge is 0.0516 e.